The number of amides is 2. The number of nitrogens with zero attached hydrogens (tertiary/aromatic N) is 4. The summed E-state index contributed by atoms with van der Waals surface area (Å²) in [5.41, 5.74) is 0.799. The molecule has 0 saturated carbocycles. The van der Waals surface area contributed by atoms with Crippen LogP contribution in [0.25, 0.3) is 10.2 Å². The molecular weight excluding hydrogens is 451 g/mol. The maximum atomic E-state index is 13.8. The third-order valence-corrected chi connectivity index (χ3v) is 6.57. The number of hydrogen-bond acceptors (Lipinski definition) is 7. The second-order valence-corrected chi connectivity index (χ2v) is 8.87. The second kappa shape index (κ2) is 9.45. The number of rotatable bonds is 7. The first-order valence-corrected chi connectivity index (χ1v) is 11.5. The van der Waals surface area contributed by atoms with Gasteiger partial charge in [-0.1, -0.05) is 47.4 Å². The zero-order chi connectivity index (χ0) is 22.7. The van der Waals surface area contributed by atoms with Crippen LogP contribution in [0, 0.1) is 5.82 Å². The van der Waals surface area contributed by atoms with E-state index in [1.54, 1.807) is 24.6 Å². The fourth-order valence-electron chi connectivity index (χ4n) is 3.02. The van der Waals surface area contributed by atoms with Crippen molar-refractivity contribution in [2.45, 2.75) is 18.1 Å². The highest BCUT2D eigenvalue weighted by Crippen LogP contribution is 2.26. The molecule has 1 atom stereocenters. The normalized spacial score (nSPS) is 12.0. The molecule has 0 saturated heterocycles. The van der Waals surface area contributed by atoms with E-state index in [0.717, 1.165) is 10.2 Å². The summed E-state index contributed by atoms with van der Waals surface area (Å²) < 4.78 is 16.5. The van der Waals surface area contributed by atoms with E-state index in [-0.39, 0.29) is 17.2 Å². The molecule has 0 aliphatic rings. The number of nitrogens with one attached hydrogen (secondary N) is 2. The molecule has 0 spiro atoms. The molecule has 0 aliphatic carbocycles. The summed E-state index contributed by atoms with van der Waals surface area (Å²) in [7, 11) is 1.74. The first-order valence-electron chi connectivity index (χ1n) is 9.65. The zero-order valence-electron chi connectivity index (χ0n) is 17.2. The van der Waals surface area contributed by atoms with Gasteiger partial charge in [0.2, 0.25) is 5.91 Å². The lowest BCUT2D eigenvalue weighted by Gasteiger charge is -2.14. The molecule has 0 aliphatic heterocycles. The minimum absolute atomic E-state index is 0.0392. The van der Waals surface area contributed by atoms with Crippen molar-refractivity contribution in [3.8, 4) is 0 Å². The van der Waals surface area contributed by atoms with E-state index >= 15 is 0 Å². The highest BCUT2D eigenvalue weighted by molar-refractivity contribution is 7.99. The van der Waals surface area contributed by atoms with Crippen molar-refractivity contribution in [3.63, 3.8) is 0 Å². The monoisotopic (exact) mass is 470 g/mol. The summed E-state index contributed by atoms with van der Waals surface area (Å²) in [6.07, 6.45) is 0. The molecular formula is C21H19FN6O2S2. The van der Waals surface area contributed by atoms with Crippen LogP contribution in [0.1, 0.15) is 29.1 Å². The quantitative estimate of drug-likeness (QED) is 0.399. The van der Waals surface area contributed by atoms with Crippen molar-refractivity contribution in [2.75, 3.05) is 11.1 Å². The number of benzene rings is 2. The predicted octanol–water partition coefficient (Wildman–Crippen LogP) is 3.79. The minimum Gasteiger partial charge on any atom is -0.342 e. The highest BCUT2D eigenvalue weighted by Gasteiger charge is 2.20. The molecule has 4 aromatic rings. The molecule has 2 N–H and O–H groups in total. The Morgan fingerprint density at radius 3 is 2.69 bits per heavy atom. The number of carbonyl (C=O) groups excluding carboxylic acids is 2. The molecule has 0 unspecified atom stereocenters. The second-order valence-electron chi connectivity index (χ2n) is 6.90. The van der Waals surface area contributed by atoms with Crippen LogP contribution in [0.4, 0.5) is 9.52 Å². The van der Waals surface area contributed by atoms with Gasteiger partial charge in [-0.2, -0.15) is 0 Å². The number of thioether (sulfide) groups is 1. The van der Waals surface area contributed by atoms with Crippen LogP contribution in [-0.2, 0) is 11.8 Å². The van der Waals surface area contributed by atoms with E-state index in [4.69, 9.17) is 0 Å². The summed E-state index contributed by atoms with van der Waals surface area (Å²) >= 11 is 2.63. The third-order valence-electron chi connectivity index (χ3n) is 4.59. The summed E-state index contributed by atoms with van der Waals surface area (Å²) in [6.45, 7) is 1.73. The van der Waals surface area contributed by atoms with Gasteiger partial charge in [0.05, 0.1) is 27.6 Å². The Hall–Kier alpha value is -3.31. The Morgan fingerprint density at radius 2 is 1.91 bits per heavy atom. The number of anilines is 1. The lowest BCUT2D eigenvalue weighted by atomic mass is 10.2. The standard InChI is InChI=1S/C21H19FN6O2S2/c1-12(23-19(30)13-7-3-4-8-14(13)22)18-26-27-21(28(18)2)31-11-17(29)25-20-24-15-9-5-6-10-16(15)32-20/h3-10,12H,11H2,1-2H3,(H,23,30)(H,24,25,29)/t12-/m1/s1. The molecule has 8 nitrogen and oxygen atoms in total. The number of thiazole rings is 1. The van der Waals surface area contributed by atoms with Gasteiger partial charge in [0.1, 0.15) is 5.82 Å². The molecule has 2 aromatic heterocycles. The van der Waals surface area contributed by atoms with Gasteiger partial charge >= 0.3 is 0 Å². The van der Waals surface area contributed by atoms with Crippen LogP contribution in [0.5, 0.6) is 0 Å². The molecule has 0 bridgehead atoms. The summed E-state index contributed by atoms with van der Waals surface area (Å²) in [5.74, 6) is -0.727. The largest absolute Gasteiger partial charge is 0.342 e. The molecule has 4 rings (SSSR count). The molecule has 0 radical (unpaired) electrons. The Balaban J connectivity index is 1.35. The fourth-order valence-corrected chi connectivity index (χ4v) is 4.62. The average Bonchev–Trinajstić information content (AvgIpc) is 3.34. The Kier molecular flexibility index (Phi) is 6.47. The maximum absolute atomic E-state index is 13.8. The van der Waals surface area contributed by atoms with Crippen molar-refractivity contribution in [1.82, 2.24) is 25.1 Å². The molecule has 32 heavy (non-hydrogen) atoms. The SMILES string of the molecule is C[C@@H](NC(=O)c1ccccc1F)c1nnc(SCC(=O)Nc2nc3ccccc3s2)n1C. The fraction of sp³-hybridized carbons (Fsp3) is 0.190. The minimum atomic E-state index is -0.592. The van der Waals surface area contributed by atoms with Crippen molar-refractivity contribution >= 4 is 50.3 Å². The molecule has 2 heterocycles. The zero-order valence-corrected chi connectivity index (χ0v) is 18.8. The number of aromatic nitrogens is 4. The Morgan fingerprint density at radius 1 is 1.16 bits per heavy atom. The summed E-state index contributed by atoms with van der Waals surface area (Å²) in [5, 5.41) is 14.8. The van der Waals surface area contributed by atoms with Crippen LogP contribution in [0.2, 0.25) is 0 Å². The average molecular weight is 471 g/mol. The van der Waals surface area contributed by atoms with Gasteiger partial charge in [-0.3, -0.25) is 9.59 Å². The number of halogens is 1. The number of hydrogen-bond donors (Lipinski definition) is 2. The van der Waals surface area contributed by atoms with Gasteiger partial charge in [-0.05, 0) is 31.2 Å². The van der Waals surface area contributed by atoms with E-state index in [2.05, 4.69) is 25.8 Å². The predicted molar refractivity (Wildman–Crippen MR) is 122 cm³/mol. The summed E-state index contributed by atoms with van der Waals surface area (Å²) in [6, 6.07) is 12.9. The maximum Gasteiger partial charge on any atom is 0.254 e. The van der Waals surface area contributed by atoms with Crippen LogP contribution >= 0.6 is 23.1 Å². The number of para-hydroxylation sites is 1. The van der Waals surface area contributed by atoms with Gasteiger partial charge in [0.25, 0.3) is 5.91 Å². The lowest BCUT2D eigenvalue weighted by Crippen LogP contribution is -2.29. The topological polar surface area (TPSA) is 102 Å². The van der Waals surface area contributed by atoms with Crippen LogP contribution < -0.4 is 10.6 Å². The van der Waals surface area contributed by atoms with E-state index < -0.39 is 17.8 Å². The molecule has 2 aromatic carbocycles. The van der Waals surface area contributed by atoms with Crippen LogP contribution in [0.15, 0.2) is 53.7 Å². The Labute approximate surface area is 191 Å². The smallest absolute Gasteiger partial charge is 0.254 e. The van der Waals surface area contributed by atoms with Crippen molar-refractivity contribution < 1.29 is 14.0 Å². The van der Waals surface area contributed by atoms with Crippen molar-refractivity contribution in [2.24, 2.45) is 7.05 Å². The van der Waals surface area contributed by atoms with Crippen molar-refractivity contribution in [1.29, 1.82) is 0 Å². The molecule has 164 valence electrons. The number of carbonyl (C=O) groups is 2. The Bertz CT molecular complexity index is 1260. The van der Waals surface area contributed by atoms with Gasteiger partial charge in [0, 0.05) is 7.05 Å². The van der Waals surface area contributed by atoms with Gasteiger partial charge in [-0.25, -0.2) is 9.37 Å². The van der Waals surface area contributed by atoms with Crippen LogP contribution in [0.3, 0.4) is 0 Å². The van der Waals surface area contributed by atoms with E-state index in [0.29, 0.717) is 16.1 Å². The van der Waals surface area contributed by atoms with E-state index in [1.165, 1.54) is 41.3 Å². The van der Waals surface area contributed by atoms with Gasteiger partial charge < -0.3 is 15.2 Å². The molecule has 0 fully saturated rings. The molecule has 11 heteroatoms. The third kappa shape index (κ3) is 4.78. The van der Waals surface area contributed by atoms with Gasteiger partial charge in [0.15, 0.2) is 16.1 Å². The van der Waals surface area contributed by atoms with Crippen LogP contribution in [-0.4, -0.2) is 37.3 Å². The lowest BCUT2D eigenvalue weighted by molar-refractivity contribution is -0.113. The highest BCUT2D eigenvalue weighted by atomic mass is 32.2. The van der Waals surface area contributed by atoms with Gasteiger partial charge in [-0.15, -0.1) is 10.2 Å². The van der Waals surface area contributed by atoms with E-state index in [9.17, 15) is 14.0 Å². The van der Waals surface area contributed by atoms with E-state index in [1.807, 2.05) is 24.3 Å². The molecule has 2 amide bonds. The summed E-state index contributed by atoms with van der Waals surface area (Å²) in [4.78, 5) is 29.1. The first-order chi connectivity index (χ1) is 15.4. The number of fused-ring (bicyclic) bond motifs is 1. The first kappa shape index (κ1) is 21.9. The van der Waals surface area contributed by atoms with Crippen molar-refractivity contribution in [3.05, 3.63) is 65.7 Å².